The van der Waals surface area contributed by atoms with Gasteiger partial charge in [-0.25, -0.2) is 0 Å². The second-order valence-electron chi connectivity index (χ2n) is 3.64. The molecule has 2 nitrogen and oxygen atoms in total. The minimum absolute atomic E-state index is 0.245. The Morgan fingerprint density at radius 3 is 2.80 bits per heavy atom. The molecule has 0 aliphatic carbocycles. The molecule has 0 heterocycles. The molecule has 1 atom stereocenters. The largest absolute Gasteiger partial charge is 0.490 e. The van der Waals surface area contributed by atoms with E-state index in [9.17, 15) is 0 Å². The van der Waals surface area contributed by atoms with Gasteiger partial charge in [0.05, 0.1) is 6.10 Å². The van der Waals surface area contributed by atoms with E-state index < -0.39 is 0 Å². The van der Waals surface area contributed by atoms with Crippen LogP contribution in [0.5, 0.6) is 5.75 Å². The van der Waals surface area contributed by atoms with Gasteiger partial charge in [0, 0.05) is 16.6 Å². The summed E-state index contributed by atoms with van der Waals surface area (Å²) in [6.07, 6.45) is 2.44. The summed E-state index contributed by atoms with van der Waals surface area (Å²) in [5, 5.41) is 0. The Kier molecular flexibility index (Phi) is 5.12. The zero-order valence-corrected chi connectivity index (χ0v) is 10.9. The standard InChI is InChI=1S/C12H18BrNO/c1-3-5-9(2)15-12-7-4-6-11(13)10(12)8-14/h4,6-7,9H,3,5,8,14H2,1-2H3. The maximum absolute atomic E-state index is 5.85. The monoisotopic (exact) mass is 271 g/mol. The van der Waals surface area contributed by atoms with Crippen molar-refractivity contribution in [3.05, 3.63) is 28.2 Å². The van der Waals surface area contributed by atoms with Crippen molar-refractivity contribution < 1.29 is 4.74 Å². The van der Waals surface area contributed by atoms with Crippen LogP contribution in [0, 0.1) is 0 Å². The van der Waals surface area contributed by atoms with Crippen LogP contribution < -0.4 is 10.5 Å². The van der Waals surface area contributed by atoms with Crippen molar-refractivity contribution in [2.45, 2.75) is 39.3 Å². The first-order valence-corrected chi connectivity index (χ1v) is 6.12. The number of rotatable bonds is 5. The molecule has 2 N–H and O–H groups in total. The first kappa shape index (κ1) is 12.5. The molecule has 0 amide bonds. The molecular formula is C12H18BrNO. The van der Waals surface area contributed by atoms with Crippen LogP contribution in [0.3, 0.4) is 0 Å². The van der Waals surface area contributed by atoms with Gasteiger partial charge in [0.1, 0.15) is 5.75 Å². The summed E-state index contributed by atoms with van der Waals surface area (Å²) in [5.41, 5.74) is 6.73. The number of nitrogens with two attached hydrogens (primary N) is 1. The molecule has 1 unspecified atom stereocenters. The van der Waals surface area contributed by atoms with Crippen molar-refractivity contribution in [2.75, 3.05) is 0 Å². The normalized spacial score (nSPS) is 12.5. The summed E-state index contributed by atoms with van der Waals surface area (Å²) in [5.74, 6) is 0.896. The van der Waals surface area contributed by atoms with Gasteiger partial charge in [-0.2, -0.15) is 0 Å². The second kappa shape index (κ2) is 6.13. The first-order chi connectivity index (χ1) is 7.19. The number of halogens is 1. The van der Waals surface area contributed by atoms with Crippen molar-refractivity contribution in [3.63, 3.8) is 0 Å². The number of ether oxygens (including phenoxy) is 1. The van der Waals surface area contributed by atoms with Crippen LogP contribution in [0.2, 0.25) is 0 Å². The van der Waals surface area contributed by atoms with Crippen LogP contribution in [0.4, 0.5) is 0 Å². The molecule has 0 spiro atoms. The Balaban J connectivity index is 2.80. The average molecular weight is 272 g/mol. The predicted octanol–water partition coefficient (Wildman–Crippen LogP) is 3.48. The maximum Gasteiger partial charge on any atom is 0.125 e. The minimum atomic E-state index is 0.245. The summed E-state index contributed by atoms with van der Waals surface area (Å²) in [6.45, 7) is 4.74. The molecule has 1 aromatic rings. The highest BCUT2D eigenvalue weighted by Crippen LogP contribution is 2.27. The average Bonchev–Trinajstić information content (AvgIpc) is 2.18. The molecule has 0 aliphatic heterocycles. The van der Waals surface area contributed by atoms with Gasteiger partial charge in [-0.05, 0) is 25.5 Å². The lowest BCUT2D eigenvalue weighted by atomic mass is 10.2. The van der Waals surface area contributed by atoms with Crippen molar-refractivity contribution in [1.29, 1.82) is 0 Å². The SMILES string of the molecule is CCCC(C)Oc1cccc(Br)c1CN. The highest BCUT2D eigenvalue weighted by atomic mass is 79.9. The summed E-state index contributed by atoms with van der Waals surface area (Å²) >= 11 is 3.48. The number of benzene rings is 1. The smallest absolute Gasteiger partial charge is 0.125 e. The third-order valence-corrected chi connectivity index (χ3v) is 3.05. The molecular weight excluding hydrogens is 254 g/mol. The summed E-state index contributed by atoms with van der Waals surface area (Å²) in [7, 11) is 0. The van der Waals surface area contributed by atoms with Gasteiger partial charge >= 0.3 is 0 Å². The van der Waals surface area contributed by atoms with Gasteiger partial charge in [0.15, 0.2) is 0 Å². The van der Waals surface area contributed by atoms with E-state index in [0.717, 1.165) is 28.6 Å². The van der Waals surface area contributed by atoms with Crippen LogP contribution in [-0.2, 0) is 6.54 Å². The van der Waals surface area contributed by atoms with Crippen LogP contribution >= 0.6 is 15.9 Å². The van der Waals surface area contributed by atoms with Crippen LogP contribution in [0.25, 0.3) is 0 Å². The fourth-order valence-corrected chi connectivity index (χ4v) is 2.04. The fraction of sp³-hybridized carbons (Fsp3) is 0.500. The maximum atomic E-state index is 5.85. The van der Waals surface area contributed by atoms with E-state index in [1.165, 1.54) is 0 Å². The van der Waals surface area contributed by atoms with Crippen molar-refractivity contribution in [1.82, 2.24) is 0 Å². The van der Waals surface area contributed by atoms with Crippen LogP contribution in [-0.4, -0.2) is 6.10 Å². The van der Waals surface area contributed by atoms with E-state index in [-0.39, 0.29) is 6.10 Å². The summed E-state index contributed by atoms with van der Waals surface area (Å²) in [6, 6.07) is 5.93. The molecule has 0 aromatic heterocycles. The Morgan fingerprint density at radius 2 is 2.20 bits per heavy atom. The lowest BCUT2D eigenvalue weighted by Crippen LogP contribution is -2.13. The number of hydrogen-bond acceptors (Lipinski definition) is 2. The van der Waals surface area contributed by atoms with E-state index >= 15 is 0 Å². The molecule has 84 valence electrons. The van der Waals surface area contributed by atoms with E-state index in [2.05, 4.69) is 29.8 Å². The van der Waals surface area contributed by atoms with Gasteiger partial charge < -0.3 is 10.5 Å². The highest BCUT2D eigenvalue weighted by Gasteiger charge is 2.09. The quantitative estimate of drug-likeness (QED) is 0.890. The van der Waals surface area contributed by atoms with Gasteiger partial charge in [0.2, 0.25) is 0 Å². The molecule has 0 bridgehead atoms. The number of hydrogen-bond donors (Lipinski definition) is 1. The van der Waals surface area contributed by atoms with E-state index in [1.807, 2.05) is 18.2 Å². The molecule has 0 radical (unpaired) electrons. The molecule has 1 aromatic carbocycles. The molecule has 3 heteroatoms. The molecule has 15 heavy (non-hydrogen) atoms. The van der Waals surface area contributed by atoms with Gasteiger partial charge in [-0.15, -0.1) is 0 Å². The zero-order chi connectivity index (χ0) is 11.3. The summed E-state index contributed by atoms with van der Waals surface area (Å²) < 4.78 is 6.87. The third-order valence-electron chi connectivity index (χ3n) is 2.30. The highest BCUT2D eigenvalue weighted by molar-refractivity contribution is 9.10. The van der Waals surface area contributed by atoms with Crippen LogP contribution in [0.1, 0.15) is 32.3 Å². The van der Waals surface area contributed by atoms with Crippen molar-refractivity contribution in [2.24, 2.45) is 5.73 Å². The Labute approximate surface area is 99.9 Å². The van der Waals surface area contributed by atoms with Gasteiger partial charge in [0.25, 0.3) is 0 Å². The minimum Gasteiger partial charge on any atom is -0.490 e. The van der Waals surface area contributed by atoms with Gasteiger partial charge in [-0.3, -0.25) is 0 Å². The lowest BCUT2D eigenvalue weighted by molar-refractivity contribution is 0.208. The lowest BCUT2D eigenvalue weighted by Gasteiger charge is -2.17. The van der Waals surface area contributed by atoms with E-state index in [0.29, 0.717) is 6.54 Å². The third kappa shape index (κ3) is 3.50. The fourth-order valence-electron chi connectivity index (χ4n) is 1.53. The summed E-state index contributed by atoms with van der Waals surface area (Å²) in [4.78, 5) is 0. The van der Waals surface area contributed by atoms with Crippen molar-refractivity contribution >= 4 is 15.9 Å². The van der Waals surface area contributed by atoms with Crippen molar-refractivity contribution in [3.8, 4) is 5.75 Å². The van der Waals surface area contributed by atoms with E-state index in [1.54, 1.807) is 0 Å². The van der Waals surface area contributed by atoms with Gasteiger partial charge in [-0.1, -0.05) is 35.3 Å². The first-order valence-electron chi connectivity index (χ1n) is 5.33. The van der Waals surface area contributed by atoms with Crippen LogP contribution in [0.15, 0.2) is 22.7 Å². The zero-order valence-electron chi connectivity index (χ0n) is 9.29. The molecule has 0 fully saturated rings. The second-order valence-corrected chi connectivity index (χ2v) is 4.49. The molecule has 0 saturated heterocycles. The predicted molar refractivity (Wildman–Crippen MR) is 67.0 cm³/mol. The molecule has 0 saturated carbocycles. The molecule has 1 rings (SSSR count). The Hall–Kier alpha value is -0.540. The Morgan fingerprint density at radius 1 is 1.47 bits per heavy atom. The molecule has 0 aliphatic rings. The Bertz CT molecular complexity index is 314. The van der Waals surface area contributed by atoms with E-state index in [4.69, 9.17) is 10.5 Å². The topological polar surface area (TPSA) is 35.2 Å².